The molecular formula is C18H26ClN3O2. The monoisotopic (exact) mass is 351 g/mol. The summed E-state index contributed by atoms with van der Waals surface area (Å²) in [5.41, 5.74) is 0.670. The highest BCUT2D eigenvalue weighted by Gasteiger charge is 2.32. The average molecular weight is 352 g/mol. The molecule has 2 amide bonds. The smallest absolute Gasteiger partial charge is 0.322 e. The number of carbonyl (C=O) groups is 1. The Kier molecular flexibility index (Phi) is 5.64. The van der Waals surface area contributed by atoms with E-state index in [1.54, 1.807) is 6.07 Å². The van der Waals surface area contributed by atoms with Crippen LogP contribution in [0.15, 0.2) is 24.3 Å². The minimum atomic E-state index is -0.0556. The van der Waals surface area contributed by atoms with E-state index in [1.165, 1.54) is 0 Å². The maximum absolute atomic E-state index is 12.7. The van der Waals surface area contributed by atoms with E-state index in [0.29, 0.717) is 10.7 Å². The van der Waals surface area contributed by atoms with Gasteiger partial charge in [-0.1, -0.05) is 23.7 Å². The fraction of sp³-hybridized carbons (Fsp3) is 0.611. The fourth-order valence-corrected chi connectivity index (χ4v) is 3.96. The molecule has 1 aromatic carbocycles. The first kappa shape index (κ1) is 17.5. The number of likely N-dealkylation sites (tertiary alicyclic amines) is 1. The normalized spacial score (nSPS) is 28.1. The molecule has 0 aromatic heterocycles. The Bertz CT molecular complexity index is 573. The second kappa shape index (κ2) is 7.72. The largest absolute Gasteiger partial charge is 0.373 e. The molecule has 3 rings (SSSR count). The number of hydrogen-bond acceptors (Lipinski definition) is 3. The van der Waals surface area contributed by atoms with Crippen LogP contribution in [-0.2, 0) is 4.74 Å². The van der Waals surface area contributed by atoms with Crippen molar-refractivity contribution < 1.29 is 9.53 Å². The first-order valence-corrected chi connectivity index (χ1v) is 9.10. The number of anilines is 1. The van der Waals surface area contributed by atoms with Crippen molar-refractivity contribution in [3.63, 3.8) is 0 Å². The molecule has 2 aliphatic rings. The van der Waals surface area contributed by atoms with E-state index in [9.17, 15) is 4.79 Å². The van der Waals surface area contributed by atoms with Crippen LogP contribution in [-0.4, -0.2) is 60.3 Å². The quantitative estimate of drug-likeness (QED) is 0.907. The highest BCUT2D eigenvalue weighted by atomic mass is 35.5. The molecule has 24 heavy (non-hydrogen) atoms. The van der Waals surface area contributed by atoms with Crippen molar-refractivity contribution in [3.05, 3.63) is 29.3 Å². The third-order valence-electron chi connectivity index (χ3n) is 4.72. The van der Waals surface area contributed by atoms with E-state index in [0.717, 1.165) is 39.0 Å². The number of ether oxygens (including phenoxy) is 1. The van der Waals surface area contributed by atoms with Crippen LogP contribution >= 0.6 is 11.6 Å². The predicted molar refractivity (Wildman–Crippen MR) is 96.6 cm³/mol. The summed E-state index contributed by atoms with van der Waals surface area (Å²) in [7, 11) is 0. The molecule has 132 valence electrons. The molecule has 0 radical (unpaired) electrons. The molecule has 5 nitrogen and oxygen atoms in total. The first-order chi connectivity index (χ1) is 11.5. The van der Waals surface area contributed by atoms with Gasteiger partial charge in [0.2, 0.25) is 0 Å². The summed E-state index contributed by atoms with van der Waals surface area (Å²) in [5.74, 6) is 0. The van der Waals surface area contributed by atoms with Crippen molar-refractivity contribution in [1.82, 2.24) is 9.80 Å². The van der Waals surface area contributed by atoms with Crippen LogP contribution in [0.5, 0.6) is 0 Å². The Balaban J connectivity index is 1.60. The number of urea groups is 1. The van der Waals surface area contributed by atoms with Crippen molar-refractivity contribution in [2.75, 3.05) is 31.5 Å². The molecule has 1 N–H and O–H groups in total. The van der Waals surface area contributed by atoms with Gasteiger partial charge in [-0.25, -0.2) is 4.79 Å². The Morgan fingerprint density at radius 2 is 2.00 bits per heavy atom. The van der Waals surface area contributed by atoms with Gasteiger partial charge in [0, 0.05) is 32.2 Å². The van der Waals surface area contributed by atoms with Gasteiger partial charge in [0.05, 0.1) is 22.9 Å². The number of rotatable bonds is 3. The summed E-state index contributed by atoms with van der Waals surface area (Å²) >= 11 is 6.14. The van der Waals surface area contributed by atoms with Gasteiger partial charge in [-0.3, -0.25) is 4.90 Å². The Hall–Kier alpha value is -1.30. The van der Waals surface area contributed by atoms with E-state index >= 15 is 0 Å². The third-order valence-corrected chi connectivity index (χ3v) is 5.05. The van der Waals surface area contributed by atoms with Crippen LogP contribution in [0.4, 0.5) is 10.5 Å². The van der Waals surface area contributed by atoms with Crippen molar-refractivity contribution in [3.8, 4) is 0 Å². The van der Waals surface area contributed by atoms with E-state index < -0.39 is 0 Å². The molecule has 2 aliphatic heterocycles. The number of halogens is 1. The summed E-state index contributed by atoms with van der Waals surface area (Å²) in [6.07, 6.45) is 2.60. The molecule has 0 aliphatic carbocycles. The lowest BCUT2D eigenvalue weighted by Crippen LogP contribution is -2.51. The molecule has 0 unspecified atom stereocenters. The zero-order valence-electron chi connectivity index (χ0n) is 14.4. The van der Waals surface area contributed by atoms with Gasteiger partial charge in [-0.05, 0) is 38.8 Å². The van der Waals surface area contributed by atoms with Gasteiger partial charge in [-0.15, -0.1) is 0 Å². The Morgan fingerprint density at radius 3 is 2.71 bits per heavy atom. The van der Waals surface area contributed by atoms with E-state index in [1.807, 2.05) is 23.1 Å². The number of para-hydroxylation sites is 1. The number of benzene rings is 1. The lowest BCUT2D eigenvalue weighted by molar-refractivity contribution is -0.0712. The predicted octanol–water partition coefficient (Wildman–Crippen LogP) is 3.45. The molecule has 0 spiro atoms. The molecule has 2 heterocycles. The zero-order valence-corrected chi connectivity index (χ0v) is 15.1. The maximum atomic E-state index is 12.7. The number of hydrogen-bond donors (Lipinski definition) is 1. The van der Waals surface area contributed by atoms with Gasteiger partial charge in [0.25, 0.3) is 0 Å². The lowest BCUT2D eigenvalue weighted by Gasteiger charge is -2.38. The molecule has 2 saturated heterocycles. The Morgan fingerprint density at radius 1 is 1.29 bits per heavy atom. The van der Waals surface area contributed by atoms with Crippen LogP contribution in [0.2, 0.25) is 5.02 Å². The van der Waals surface area contributed by atoms with Crippen LogP contribution in [0.25, 0.3) is 0 Å². The second-order valence-corrected chi connectivity index (χ2v) is 7.28. The van der Waals surface area contributed by atoms with Crippen molar-refractivity contribution in [2.45, 2.75) is 44.9 Å². The van der Waals surface area contributed by atoms with E-state index in [2.05, 4.69) is 24.1 Å². The number of amides is 2. The summed E-state index contributed by atoms with van der Waals surface area (Å²) in [6.45, 7) is 7.80. The number of morpholine rings is 1. The summed E-state index contributed by atoms with van der Waals surface area (Å²) in [4.78, 5) is 17.0. The second-order valence-electron chi connectivity index (χ2n) is 6.88. The Labute approximate surface area is 148 Å². The van der Waals surface area contributed by atoms with Crippen LogP contribution < -0.4 is 5.32 Å². The molecule has 2 fully saturated rings. The first-order valence-electron chi connectivity index (χ1n) is 8.73. The lowest BCUT2D eigenvalue weighted by atomic mass is 10.1. The van der Waals surface area contributed by atoms with Crippen molar-refractivity contribution in [2.24, 2.45) is 0 Å². The average Bonchev–Trinajstić information content (AvgIpc) is 2.96. The number of carbonyl (C=O) groups excluding carboxylic acids is 1. The molecule has 3 atom stereocenters. The van der Waals surface area contributed by atoms with Gasteiger partial charge in [0.15, 0.2) is 0 Å². The molecule has 0 saturated carbocycles. The van der Waals surface area contributed by atoms with E-state index in [-0.39, 0.29) is 24.3 Å². The van der Waals surface area contributed by atoms with Gasteiger partial charge >= 0.3 is 6.03 Å². The van der Waals surface area contributed by atoms with Gasteiger partial charge < -0.3 is 15.0 Å². The van der Waals surface area contributed by atoms with Crippen molar-refractivity contribution >= 4 is 23.3 Å². The third kappa shape index (κ3) is 4.21. The minimum Gasteiger partial charge on any atom is -0.373 e. The van der Waals surface area contributed by atoms with Gasteiger partial charge in [-0.2, -0.15) is 0 Å². The molecule has 0 bridgehead atoms. The topological polar surface area (TPSA) is 44.8 Å². The van der Waals surface area contributed by atoms with Crippen LogP contribution in [0.1, 0.15) is 26.7 Å². The fourth-order valence-electron chi connectivity index (χ4n) is 3.77. The highest BCUT2D eigenvalue weighted by Crippen LogP contribution is 2.24. The van der Waals surface area contributed by atoms with Crippen LogP contribution in [0.3, 0.4) is 0 Å². The molecular weight excluding hydrogens is 326 g/mol. The molecule has 1 aromatic rings. The standard InChI is InChI=1S/C18H26ClN3O2/c1-13-10-21(11-14(2)24-13)12-15-6-5-9-22(15)18(23)20-17-8-4-3-7-16(17)19/h3-4,7-8,13-15H,5-6,9-12H2,1-2H3,(H,20,23)/t13-,14-,15+/m1/s1. The maximum Gasteiger partial charge on any atom is 0.322 e. The zero-order chi connectivity index (χ0) is 17.1. The summed E-state index contributed by atoms with van der Waals surface area (Å²) < 4.78 is 5.80. The molecule has 6 heteroatoms. The van der Waals surface area contributed by atoms with E-state index in [4.69, 9.17) is 16.3 Å². The van der Waals surface area contributed by atoms with Crippen molar-refractivity contribution in [1.29, 1.82) is 0 Å². The minimum absolute atomic E-state index is 0.0556. The number of nitrogens with one attached hydrogen (secondary N) is 1. The summed E-state index contributed by atoms with van der Waals surface area (Å²) in [5, 5.41) is 3.52. The SMILES string of the molecule is C[C@@H]1CN(C[C@@H]2CCCN2C(=O)Nc2ccccc2Cl)C[C@@H](C)O1. The number of nitrogens with zero attached hydrogens (tertiary/aromatic N) is 2. The van der Waals surface area contributed by atoms with Crippen LogP contribution in [0, 0.1) is 0 Å². The summed E-state index contributed by atoms with van der Waals surface area (Å²) in [6, 6.07) is 7.55. The van der Waals surface area contributed by atoms with Gasteiger partial charge in [0.1, 0.15) is 0 Å². The highest BCUT2D eigenvalue weighted by molar-refractivity contribution is 6.33.